The summed E-state index contributed by atoms with van der Waals surface area (Å²) in [5.41, 5.74) is 40.3. The molecule has 4 aromatic heterocycles. The number of hydrogen-bond acceptors (Lipinski definition) is 9. The quantitative estimate of drug-likeness (QED) is 0.125. The van der Waals surface area contributed by atoms with Crippen molar-refractivity contribution in [1.82, 2.24) is 28.7 Å². The number of aromatic nitrogens is 6. The van der Waals surface area contributed by atoms with Crippen LogP contribution in [0, 0.1) is 13.8 Å². The highest BCUT2D eigenvalue weighted by Crippen LogP contribution is 2.61. The third kappa shape index (κ3) is 14.8. The van der Waals surface area contributed by atoms with Gasteiger partial charge in [-0.3, -0.25) is 14.2 Å². The van der Waals surface area contributed by atoms with Gasteiger partial charge < -0.3 is 28.4 Å². The van der Waals surface area contributed by atoms with Crippen LogP contribution in [-0.2, 0) is 30.1 Å². The number of methoxy groups -OCH3 is 2. The zero-order chi connectivity index (χ0) is 99.6. The molecule has 20 aromatic carbocycles. The van der Waals surface area contributed by atoms with Crippen LogP contribution in [0.1, 0.15) is 124 Å². The maximum Gasteiger partial charge on any atom is 0.238 e. The van der Waals surface area contributed by atoms with E-state index in [0.717, 1.165) is 148 Å². The zero-order valence-corrected chi connectivity index (χ0v) is 82.7. The third-order valence-electron chi connectivity index (χ3n) is 30.7. The summed E-state index contributed by atoms with van der Waals surface area (Å²) in [6.45, 7) is 8.90. The standard InChI is InChI=1S/C41H34N2O2.C34H22N4.C32H21NO.C29H23NO/c1-26-5-17-38-34(21-26)35-22-27(2)6-18-39(35)42(38)30-11-7-28(8-12-30)23-29-9-13-31(14-10-29)43-40-19-15-32(44-3)24-36(40)37-25-33(45-4)16-20-41(37)43;1-3-11-22(12-4-1)32-35-33(23-13-5-2-6-14-23)37-34(36-32)38-29-18-10-9-17-27(29)31-28-21-24-15-7-8-16-25(24)26(28)19-20-30(31)38;34-31-23-14-4-6-16-25(23)32(26-17-7-5-15-24(26)31)27-18-8-10-20-29(27)33(22-12-2-1-3-13-22)30-21-11-9-19-28(30)32;1-29(2)24-11-5-7-13-26(24)30(27-14-8-6-12-25(27)29)21-16-15-20-17-19-9-3-4-10-22(19)28(31)23(20)18-21/h5-22,24-25H,23H2,1-4H3;1-20H,21H2;1-21H;3-16,18H,17H2,1-2H3. The Labute approximate surface area is 858 Å². The summed E-state index contributed by atoms with van der Waals surface area (Å²) >= 11 is 0. The van der Waals surface area contributed by atoms with Crippen molar-refractivity contribution in [2.75, 3.05) is 24.0 Å². The van der Waals surface area contributed by atoms with Gasteiger partial charge in [0.1, 0.15) is 11.5 Å². The van der Waals surface area contributed by atoms with Gasteiger partial charge in [-0.05, 0) is 257 Å². The predicted molar refractivity (Wildman–Crippen MR) is 603 cm³/mol. The van der Waals surface area contributed by atoms with Crippen molar-refractivity contribution in [3.8, 4) is 62.7 Å². The first-order valence-electron chi connectivity index (χ1n) is 50.6. The Morgan fingerprint density at radius 2 is 0.662 bits per heavy atom. The summed E-state index contributed by atoms with van der Waals surface area (Å²) in [5, 5.41) is 7.38. The molecule has 0 saturated heterocycles. The topological polar surface area (TPSA) is 113 Å². The predicted octanol–water partition coefficient (Wildman–Crippen LogP) is 32.3. The van der Waals surface area contributed by atoms with Gasteiger partial charge >= 0.3 is 0 Å². The first kappa shape index (κ1) is 89.4. The van der Waals surface area contributed by atoms with E-state index in [2.05, 4.69) is 391 Å². The molecule has 6 heterocycles. The highest BCUT2D eigenvalue weighted by atomic mass is 16.5. The lowest BCUT2D eigenvalue weighted by Crippen LogP contribution is -2.42. The van der Waals surface area contributed by atoms with Gasteiger partial charge in [0.05, 0.1) is 75.5 Å². The molecule has 0 fully saturated rings. The van der Waals surface area contributed by atoms with Gasteiger partial charge in [-0.15, -0.1) is 0 Å². The average molecular weight is 1910 g/mol. The molecule has 708 valence electrons. The molecule has 0 unspecified atom stereocenters. The number of aryl methyl sites for hydroxylation is 2. The van der Waals surface area contributed by atoms with E-state index in [0.29, 0.717) is 17.6 Å². The lowest BCUT2D eigenvalue weighted by molar-refractivity contribution is 0.102. The van der Waals surface area contributed by atoms with E-state index in [1.165, 1.54) is 116 Å². The fraction of sp³-hybridized carbons (Fsp3) is 0.0809. The summed E-state index contributed by atoms with van der Waals surface area (Å²) in [4.78, 5) is 46.6. The number of rotatable bonds is 11. The lowest BCUT2D eigenvalue weighted by Gasteiger charge is -2.48. The van der Waals surface area contributed by atoms with Crippen molar-refractivity contribution in [2.24, 2.45) is 0 Å². The number of ketones is 2. The molecule has 0 radical (unpaired) electrons. The second kappa shape index (κ2) is 36.3. The Bertz CT molecular complexity index is 9140. The molecule has 0 amide bonds. The number of nitrogens with zero attached hydrogens (tertiary/aromatic N) is 8. The van der Waals surface area contributed by atoms with Gasteiger partial charge in [0.25, 0.3) is 0 Å². The molecule has 12 nitrogen and oxygen atoms in total. The minimum absolute atomic E-state index is 0.0906. The Hall–Kier alpha value is -18.7. The number of hydrogen-bond donors (Lipinski definition) is 0. The Morgan fingerprint density at radius 1 is 0.277 bits per heavy atom. The second-order valence-corrected chi connectivity index (χ2v) is 39.5. The van der Waals surface area contributed by atoms with Crippen LogP contribution in [0.25, 0.3) is 117 Å². The summed E-state index contributed by atoms with van der Waals surface area (Å²) in [6, 6.07) is 162. The molecular weight excluding hydrogens is 1810 g/mol. The van der Waals surface area contributed by atoms with Crippen LogP contribution in [0.15, 0.2) is 461 Å². The van der Waals surface area contributed by atoms with Crippen LogP contribution in [0.4, 0.5) is 34.1 Å². The first-order chi connectivity index (χ1) is 72.7. The van der Waals surface area contributed by atoms with Crippen molar-refractivity contribution in [1.29, 1.82) is 0 Å². The highest BCUT2D eigenvalue weighted by molar-refractivity contribution is 6.17. The number of benzene rings is 20. The number of para-hydroxylation sites is 6. The van der Waals surface area contributed by atoms with Crippen LogP contribution >= 0.6 is 0 Å². The van der Waals surface area contributed by atoms with E-state index in [1.54, 1.807) is 14.2 Å². The summed E-state index contributed by atoms with van der Waals surface area (Å²) < 4.78 is 18.0. The summed E-state index contributed by atoms with van der Waals surface area (Å²) in [6.07, 6.45) is 2.60. The van der Waals surface area contributed by atoms with Crippen LogP contribution in [0.2, 0.25) is 0 Å². The van der Waals surface area contributed by atoms with Crippen LogP contribution in [-0.4, -0.2) is 54.4 Å². The Kier molecular flexibility index (Phi) is 22.0. The molecule has 24 aromatic rings. The van der Waals surface area contributed by atoms with Crippen molar-refractivity contribution in [2.45, 2.75) is 57.8 Å². The zero-order valence-electron chi connectivity index (χ0n) is 82.7. The smallest absolute Gasteiger partial charge is 0.238 e. The summed E-state index contributed by atoms with van der Waals surface area (Å²) in [7, 11) is 3.42. The van der Waals surface area contributed by atoms with Crippen LogP contribution in [0.5, 0.6) is 11.5 Å². The highest BCUT2D eigenvalue weighted by Gasteiger charge is 2.52. The Morgan fingerprint density at radius 3 is 1.18 bits per heavy atom. The molecule has 0 bridgehead atoms. The van der Waals surface area contributed by atoms with Crippen LogP contribution in [0.3, 0.4) is 0 Å². The molecule has 12 heteroatoms. The molecule has 5 aliphatic rings. The van der Waals surface area contributed by atoms with Crippen molar-refractivity contribution in [3.63, 3.8) is 0 Å². The fourth-order valence-corrected chi connectivity index (χ4v) is 23.9. The number of fused-ring (bicyclic) bond motifs is 25. The minimum atomic E-state index is -0.584. The fourth-order valence-electron chi connectivity index (χ4n) is 23.9. The average Bonchev–Trinajstić information content (AvgIpc) is 0.848. The summed E-state index contributed by atoms with van der Waals surface area (Å²) in [5.74, 6) is 3.85. The van der Waals surface area contributed by atoms with E-state index >= 15 is 0 Å². The molecule has 3 aliphatic carbocycles. The maximum atomic E-state index is 13.6. The molecule has 2 aliphatic heterocycles. The van der Waals surface area contributed by atoms with Crippen molar-refractivity contribution >= 4 is 111 Å². The van der Waals surface area contributed by atoms with Gasteiger partial charge in [0.15, 0.2) is 23.2 Å². The molecule has 1 spiro atoms. The molecular formula is C136H100N8O4. The monoisotopic (exact) mass is 1910 g/mol. The number of ether oxygens (including phenoxy) is 2. The van der Waals surface area contributed by atoms with Gasteiger partial charge in [-0.2, -0.15) is 9.97 Å². The van der Waals surface area contributed by atoms with E-state index in [1.807, 2.05) is 121 Å². The first-order valence-corrected chi connectivity index (χ1v) is 50.6. The third-order valence-corrected chi connectivity index (χ3v) is 30.7. The van der Waals surface area contributed by atoms with Gasteiger partial charge in [0, 0.05) is 93.9 Å². The van der Waals surface area contributed by atoms with Crippen molar-refractivity contribution in [3.05, 3.63) is 561 Å². The van der Waals surface area contributed by atoms with E-state index in [4.69, 9.17) is 24.4 Å². The van der Waals surface area contributed by atoms with E-state index in [9.17, 15) is 9.59 Å². The lowest BCUT2D eigenvalue weighted by atomic mass is 9.57. The number of carbonyl (C=O) groups is 2. The minimum Gasteiger partial charge on any atom is -0.497 e. The van der Waals surface area contributed by atoms with E-state index in [-0.39, 0.29) is 17.0 Å². The molecule has 29 rings (SSSR count). The van der Waals surface area contributed by atoms with Crippen LogP contribution < -0.4 is 19.3 Å². The molecule has 0 atom stereocenters. The molecule has 148 heavy (non-hydrogen) atoms. The molecule has 0 saturated carbocycles. The van der Waals surface area contributed by atoms with Gasteiger partial charge in [-0.25, -0.2) is 4.98 Å². The SMILES string of the molecule is CC1(C)c2ccccc2N(c2ccc3c(c2)C(=O)c2ccccc2C3)c2ccccc21.COc1ccc2c(c1)c1cc(OC)ccc1n2-c1ccc(Cc2ccc(-n3c4ccc(C)cc4c4cc(C)ccc43)cc2)cc1.O=C1c2ccccc2C2(c3ccccc31)c1ccccc1N(c1ccccc1)c1ccccc12.c1ccc(-c2nc(-c3ccccc3)nc(-n3c4ccccc4c4c5c(ccc43)-c3ccccc3C5)n2)cc1. The second-order valence-electron chi connectivity index (χ2n) is 39.5. The maximum absolute atomic E-state index is 13.6. The Balaban J connectivity index is 0.000000101. The number of carbonyl (C=O) groups excluding carboxylic acids is 2. The van der Waals surface area contributed by atoms with E-state index < -0.39 is 5.41 Å². The van der Waals surface area contributed by atoms with Crippen molar-refractivity contribution < 1.29 is 19.1 Å². The normalized spacial score (nSPS) is 13.3. The number of anilines is 6. The molecule has 0 N–H and O–H groups in total. The largest absolute Gasteiger partial charge is 0.497 e. The van der Waals surface area contributed by atoms with Gasteiger partial charge in [-0.1, -0.05) is 340 Å². The van der Waals surface area contributed by atoms with Gasteiger partial charge in [0.2, 0.25) is 5.95 Å².